The molecule has 2 heterocycles. The molecular weight excluding hydrogens is 849 g/mol. The van der Waals surface area contributed by atoms with Crippen molar-refractivity contribution in [1.29, 1.82) is 0 Å². The van der Waals surface area contributed by atoms with Crippen molar-refractivity contribution in [1.82, 2.24) is 25.4 Å². The first-order valence-corrected chi connectivity index (χ1v) is 21.8. The van der Waals surface area contributed by atoms with Crippen LogP contribution in [0.25, 0.3) is 0 Å². The second kappa shape index (κ2) is 22.0. The fourth-order valence-corrected chi connectivity index (χ4v) is 8.11. The minimum absolute atomic E-state index is 0.0758. The molecule has 1 aromatic carbocycles. The summed E-state index contributed by atoms with van der Waals surface area (Å²) in [5.74, 6) is -1.95. The second-order valence-electron chi connectivity index (χ2n) is 15.9. The minimum atomic E-state index is -1.08. The Morgan fingerprint density at radius 1 is 1.05 bits per heavy atom. The van der Waals surface area contributed by atoms with Gasteiger partial charge < -0.3 is 30.1 Å². The standard InChI is InChI=1S/C41H62IN5O8S/c1-10-29(42)34(45-36(50)31-19-15-16-20-47(31)40(53)55-41(6,7)8)38(51)46(9)32(25(3)4)23-33(48)37-44-30(24-56-37)35(49)43-28(21-26(5)39(52)54-11-2)22-27-17-13-12-14-18-27/h12-14,17-18,24-26,28-29,31-34,48H,10-11,15-16,19-23H2,1-9H3,(H,43,49)(H,45,50)/t26-,28+,29-,31+,32+,33+,34-/m0/s1. The van der Waals surface area contributed by atoms with Gasteiger partial charge in [0.05, 0.1) is 12.5 Å². The van der Waals surface area contributed by atoms with Gasteiger partial charge in [-0.05, 0) is 77.7 Å². The van der Waals surface area contributed by atoms with Gasteiger partial charge in [-0.15, -0.1) is 11.3 Å². The summed E-state index contributed by atoms with van der Waals surface area (Å²) in [6.45, 7) is 15.4. The van der Waals surface area contributed by atoms with Crippen molar-refractivity contribution >= 4 is 63.7 Å². The Morgan fingerprint density at radius 2 is 1.73 bits per heavy atom. The lowest BCUT2D eigenvalue weighted by Gasteiger charge is -2.38. The van der Waals surface area contributed by atoms with Gasteiger partial charge in [-0.3, -0.25) is 24.1 Å². The zero-order chi connectivity index (χ0) is 41.7. The third kappa shape index (κ3) is 14.0. The number of hydrogen-bond acceptors (Lipinski definition) is 10. The molecule has 1 saturated heterocycles. The number of benzene rings is 1. The zero-order valence-electron chi connectivity index (χ0n) is 34.4. The molecule has 4 amide bonds. The van der Waals surface area contributed by atoms with Crippen LogP contribution >= 0.6 is 33.9 Å². The number of likely N-dealkylation sites (N-methyl/N-ethyl adjacent to an activating group) is 1. The van der Waals surface area contributed by atoms with E-state index in [0.717, 1.165) is 29.7 Å². The number of aliphatic hydroxyl groups is 1. The van der Waals surface area contributed by atoms with E-state index in [1.54, 1.807) is 51.9 Å². The van der Waals surface area contributed by atoms with Crippen LogP contribution in [0.4, 0.5) is 4.79 Å². The smallest absolute Gasteiger partial charge is 0.410 e. The molecule has 0 unspecified atom stereocenters. The Labute approximate surface area is 350 Å². The molecule has 2 aromatic rings. The number of esters is 1. The van der Waals surface area contributed by atoms with E-state index in [1.165, 1.54) is 4.90 Å². The van der Waals surface area contributed by atoms with E-state index in [-0.39, 0.29) is 46.5 Å². The highest BCUT2D eigenvalue weighted by Crippen LogP contribution is 2.29. The molecule has 56 heavy (non-hydrogen) atoms. The molecule has 0 bridgehead atoms. The topological polar surface area (TPSA) is 167 Å². The number of aromatic nitrogens is 1. The number of aliphatic hydroxyl groups excluding tert-OH is 1. The fraction of sp³-hybridized carbons (Fsp3) is 0.659. The number of amides is 4. The molecule has 312 valence electrons. The van der Waals surface area contributed by atoms with Gasteiger partial charge in [0.25, 0.3) is 5.91 Å². The Bertz CT molecular complexity index is 1600. The van der Waals surface area contributed by atoms with E-state index < -0.39 is 53.7 Å². The van der Waals surface area contributed by atoms with E-state index in [2.05, 4.69) is 38.2 Å². The van der Waals surface area contributed by atoms with Crippen LogP contribution in [-0.4, -0.2) is 104 Å². The zero-order valence-corrected chi connectivity index (χ0v) is 37.4. The van der Waals surface area contributed by atoms with Crippen LogP contribution in [0.15, 0.2) is 35.7 Å². The Balaban J connectivity index is 1.73. The van der Waals surface area contributed by atoms with E-state index in [1.807, 2.05) is 51.1 Å². The maximum absolute atomic E-state index is 14.2. The summed E-state index contributed by atoms with van der Waals surface area (Å²) in [6, 6.07) is 7.25. The normalized spacial score (nSPS) is 17.9. The van der Waals surface area contributed by atoms with Crippen molar-refractivity contribution in [3.63, 3.8) is 0 Å². The van der Waals surface area contributed by atoms with Gasteiger partial charge in [-0.1, -0.05) is 80.6 Å². The van der Waals surface area contributed by atoms with Crippen LogP contribution in [-0.2, 0) is 30.3 Å². The number of nitrogens with zero attached hydrogens (tertiary/aromatic N) is 3. The Morgan fingerprint density at radius 3 is 2.34 bits per heavy atom. The van der Waals surface area contributed by atoms with Crippen molar-refractivity contribution < 1.29 is 38.6 Å². The summed E-state index contributed by atoms with van der Waals surface area (Å²) in [6.07, 6.45) is 2.00. The van der Waals surface area contributed by atoms with Gasteiger partial charge in [0.2, 0.25) is 11.8 Å². The summed E-state index contributed by atoms with van der Waals surface area (Å²) in [5.41, 5.74) is 0.442. The number of thiazole rings is 1. The summed E-state index contributed by atoms with van der Waals surface area (Å²) in [7, 11) is 1.68. The van der Waals surface area contributed by atoms with E-state index in [9.17, 15) is 29.1 Å². The lowest BCUT2D eigenvalue weighted by molar-refractivity contribution is -0.147. The van der Waals surface area contributed by atoms with Crippen LogP contribution in [0.5, 0.6) is 0 Å². The number of piperidine rings is 1. The largest absolute Gasteiger partial charge is 0.466 e. The van der Waals surface area contributed by atoms with E-state index >= 15 is 0 Å². The molecule has 15 heteroatoms. The molecule has 1 aromatic heterocycles. The molecule has 3 N–H and O–H groups in total. The van der Waals surface area contributed by atoms with E-state index in [4.69, 9.17) is 9.47 Å². The van der Waals surface area contributed by atoms with Crippen molar-refractivity contribution in [2.75, 3.05) is 20.2 Å². The first kappa shape index (κ1) is 47.1. The highest BCUT2D eigenvalue weighted by Gasteiger charge is 2.40. The minimum Gasteiger partial charge on any atom is -0.466 e. The van der Waals surface area contributed by atoms with Crippen LogP contribution < -0.4 is 10.6 Å². The van der Waals surface area contributed by atoms with Gasteiger partial charge >= 0.3 is 12.1 Å². The molecule has 3 rings (SSSR count). The molecule has 0 saturated carbocycles. The summed E-state index contributed by atoms with van der Waals surface area (Å²) >= 11 is 3.34. The van der Waals surface area contributed by atoms with Gasteiger partial charge in [0.1, 0.15) is 34.5 Å². The summed E-state index contributed by atoms with van der Waals surface area (Å²) < 4.78 is 10.6. The monoisotopic (exact) mass is 911 g/mol. The highest BCUT2D eigenvalue weighted by molar-refractivity contribution is 14.1. The lowest BCUT2D eigenvalue weighted by atomic mass is 9.95. The van der Waals surface area contributed by atoms with Gasteiger partial charge in [0, 0.05) is 41.4 Å². The van der Waals surface area contributed by atoms with Crippen molar-refractivity contribution in [3.8, 4) is 0 Å². The number of alkyl halides is 1. The lowest BCUT2D eigenvalue weighted by Crippen LogP contribution is -2.60. The molecule has 0 radical (unpaired) electrons. The number of carbonyl (C=O) groups excluding carboxylic acids is 5. The Kier molecular flexibility index (Phi) is 18.5. The van der Waals surface area contributed by atoms with E-state index in [0.29, 0.717) is 37.2 Å². The number of halogens is 1. The first-order chi connectivity index (χ1) is 26.4. The number of carbonyl (C=O) groups is 5. The van der Waals surface area contributed by atoms with Crippen LogP contribution in [0.3, 0.4) is 0 Å². The molecule has 0 spiro atoms. The Hall–Kier alpha value is -3.31. The quantitative estimate of drug-likeness (QED) is 0.0864. The number of nitrogens with one attached hydrogen (secondary N) is 2. The van der Waals surface area contributed by atoms with Crippen LogP contribution in [0.1, 0.15) is 121 Å². The van der Waals surface area contributed by atoms with Crippen LogP contribution in [0.2, 0.25) is 0 Å². The van der Waals surface area contributed by atoms with Crippen molar-refractivity contribution in [3.05, 3.63) is 52.0 Å². The van der Waals surface area contributed by atoms with Gasteiger partial charge in [-0.2, -0.15) is 0 Å². The molecular formula is C41H62IN5O8S. The van der Waals surface area contributed by atoms with Crippen LogP contribution in [0, 0.1) is 11.8 Å². The maximum atomic E-state index is 14.2. The molecule has 1 aliphatic rings. The SMILES string of the molecule is CCOC(=O)[C@@H](C)C[C@H](Cc1ccccc1)NC(=O)c1csc([C@H](O)C[C@H](C(C)C)N(C)C(=O)[C@@H](NC(=O)[C@H]2CCCCN2C(=O)OC(C)(C)C)[C@@H](I)CC)n1. The summed E-state index contributed by atoms with van der Waals surface area (Å²) in [5, 5.41) is 19.4. The predicted octanol–water partition coefficient (Wildman–Crippen LogP) is 6.47. The average molecular weight is 912 g/mol. The maximum Gasteiger partial charge on any atom is 0.410 e. The fourth-order valence-electron chi connectivity index (χ4n) is 6.83. The first-order valence-electron chi connectivity index (χ1n) is 19.7. The number of ether oxygens (including phenoxy) is 2. The predicted molar refractivity (Wildman–Crippen MR) is 226 cm³/mol. The van der Waals surface area contributed by atoms with Crippen molar-refractivity contribution in [2.45, 2.75) is 140 Å². The number of rotatable bonds is 18. The molecule has 1 fully saturated rings. The highest BCUT2D eigenvalue weighted by atomic mass is 127. The average Bonchev–Trinajstić information content (AvgIpc) is 3.65. The van der Waals surface area contributed by atoms with Gasteiger partial charge in [0.15, 0.2) is 0 Å². The summed E-state index contributed by atoms with van der Waals surface area (Å²) in [4.78, 5) is 74.6. The second-order valence-corrected chi connectivity index (χ2v) is 18.4. The molecule has 1 aliphatic heterocycles. The number of hydrogen-bond donors (Lipinski definition) is 3. The third-order valence-corrected chi connectivity index (χ3v) is 12.4. The van der Waals surface area contributed by atoms with Gasteiger partial charge in [-0.25, -0.2) is 9.78 Å². The third-order valence-electron chi connectivity index (χ3n) is 9.86. The molecule has 0 aliphatic carbocycles. The molecule has 7 atom stereocenters. The number of likely N-dealkylation sites (tertiary alicyclic amines) is 1. The molecule has 13 nitrogen and oxygen atoms in total. The van der Waals surface area contributed by atoms with Crippen molar-refractivity contribution in [2.24, 2.45) is 11.8 Å².